The molecule has 0 aliphatic carbocycles. The second-order valence-electron chi connectivity index (χ2n) is 7.55. The molecule has 9 nitrogen and oxygen atoms in total. The molecule has 0 unspecified atom stereocenters. The van der Waals surface area contributed by atoms with Gasteiger partial charge in [-0.15, -0.1) is 0 Å². The van der Waals surface area contributed by atoms with Crippen LogP contribution in [-0.2, 0) is 17.8 Å². The van der Waals surface area contributed by atoms with Gasteiger partial charge in [0.15, 0.2) is 0 Å². The van der Waals surface area contributed by atoms with E-state index in [2.05, 4.69) is 30.9 Å². The van der Waals surface area contributed by atoms with Crippen molar-refractivity contribution < 1.29 is 14.0 Å². The second kappa shape index (κ2) is 10.8. The van der Waals surface area contributed by atoms with Gasteiger partial charge < -0.3 is 21.7 Å². The predicted molar refractivity (Wildman–Crippen MR) is 131 cm³/mol. The van der Waals surface area contributed by atoms with Gasteiger partial charge in [0, 0.05) is 42.1 Å². The monoisotopic (exact) mass is 471 g/mol. The number of anilines is 4. The third kappa shape index (κ3) is 6.35. The summed E-state index contributed by atoms with van der Waals surface area (Å²) in [6.45, 7) is 0.0996. The molecule has 0 radical (unpaired) electrons. The summed E-state index contributed by atoms with van der Waals surface area (Å²) in [6.07, 6.45) is 4.78. The molecule has 2 aromatic heterocycles. The van der Waals surface area contributed by atoms with Gasteiger partial charge in [0.05, 0.1) is 12.0 Å². The number of carbonyl (C=O) groups excluding carboxylic acids is 2. The first-order chi connectivity index (χ1) is 17.0. The van der Waals surface area contributed by atoms with Gasteiger partial charge in [-0.25, -0.2) is 9.37 Å². The van der Waals surface area contributed by atoms with Gasteiger partial charge in [-0.3, -0.25) is 14.6 Å². The van der Waals surface area contributed by atoms with Crippen molar-refractivity contribution in [1.29, 1.82) is 0 Å². The number of aromatic nitrogens is 3. The molecule has 10 heteroatoms. The zero-order valence-corrected chi connectivity index (χ0v) is 18.5. The van der Waals surface area contributed by atoms with E-state index in [4.69, 9.17) is 5.73 Å². The van der Waals surface area contributed by atoms with E-state index in [0.717, 1.165) is 5.56 Å². The van der Waals surface area contributed by atoms with Crippen LogP contribution in [0, 0.1) is 5.82 Å². The molecule has 2 amide bonds. The van der Waals surface area contributed by atoms with E-state index in [9.17, 15) is 14.0 Å². The lowest BCUT2D eigenvalue weighted by atomic mass is 10.2. The number of rotatable bonds is 9. The summed E-state index contributed by atoms with van der Waals surface area (Å²) in [5.74, 6) is -0.913. The average Bonchev–Trinajstić information content (AvgIpc) is 2.84. The highest BCUT2D eigenvalue weighted by molar-refractivity contribution is 5.97. The minimum Gasteiger partial charge on any atom is -0.365 e. The molecule has 0 saturated heterocycles. The van der Waals surface area contributed by atoms with Crippen LogP contribution < -0.4 is 21.7 Å². The zero-order valence-electron chi connectivity index (χ0n) is 18.5. The summed E-state index contributed by atoms with van der Waals surface area (Å²) in [7, 11) is 0. The fourth-order valence-corrected chi connectivity index (χ4v) is 3.27. The van der Waals surface area contributed by atoms with Gasteiger partial charge in [0.1, 0.15) is 11.6 Å². The van der Waals surface area contributed by atoms with Crippen LogP contribution in [0.15, 0.2) is 79.3 Å². The maximum Gasteiger partial charge on any atom is 0.254 e. The van der Waals surface area contributed by atoms with Crippen molar-refractivity contribution in [2.75, 3.05) is 16.0 Å². The van der Waals surface area contributed by atoms with Gasteiger partial charge in [-0.2, -0.15) is 4.98 Å². The first-order valence-corrected chi connectivity index (χ1v) is 10.7. The van der Waals surface area contributed by atoms with Crippen LogP contribution in [0.5, 0.6) is 0 Å². The molecule has 0 spiro atoms. The Balaban J connectivity index is 1.46. The number of halogens is 1. The van der Waals surface area contributed by atoms with Crippen molar-refractivity contribution in [2.45, 2.75) is 13.0 Å². The van der Waals surface area contributed by atoms with Crippen molar-refractivity contribution >= 4 is 35.0 Å². The highest BCUT2D eigenvalue weighted by Crippen LogP contribution is 2.21. The van der Waals surface area contributed by atoms with Crippen LogP contribution in [0.25, 0.3) is 0 Å². The molecule has 4 rings (SSSR count). The summed E-state index contributed by atoms with van der Waals surface area (Å²) >= 11 is 0. The van der Waals surface area contributed by atoms with Gasteiger partial charge in [0.2, 0.25) is 11.9 Å². The van der Waals surface area contributed by atoms with Crippen molar-refractivity contribution in [3.05, 3.63) is 102 Å². The number of hydrogen-bond donors (Lipinski definition) is 4. The molecule has 35 heavy (non-hydrogen) atoms. The number of benzene rings is 2. The minimum atomic E-state index is -0.716. The van der Waals surface area contributed by atoms with Gasteiger partial charge >= 0.3 is 0 Å². The largest absolute Gasteiger partial charge is 0.365 e. The molecule has 5 N–H and O–H groups in total. The van der Waals surface area contributed by atoms with E-state index in [1.54, 1.807) is 67.0 Å². The minimum absolute atomic E-state index is 0.0732. The topological polar surface area (TPSA) is 135 Å². The molecular weight excluding hydrogens is 449 g/mol. The van der Waals surface area contributed by atoms with Crippen LogP contribution in [-0.4, -0.2) is 26.8 Å². The zero-order chi connectivity index (χ0) is 24.6. The number of nitrogens with zero attached hydrogens (tertiary/aromatic N) is 3. The highest BCUT2D eigenvalue weighted by Gasteiger charge is 2.13. The van der Waals surface area contributed by atoms with E-state index in [-0.39, 0.29) is 42.0 Å². The Labute approximate surface area is 200 Å². The van der Waals surface area contributed by atoms with Crippen LogP contribution >= 0.6 is 0 Å². The summed E-state index contributed by atoms with van der Waals surface area (Å²) in [5, 5.41) is 8.83. The molecule has 0 saturated carbocycles. The molecule has 2 heterocycles. The molecule has 0 fully saturated rings. The molecule has 176 valence electrons. The Morgan fingerprint density at radius 1 is 0.971 bits per heavy atom. The average molecular weight is 471 g/mol. The molecule has 0 aliphatic rings. The van der Waals surface area contributed by atoms with Crippen molar-refractivity contribution in [3.8, 4) is 0 Å². The van der Waals surface area contributed by atoms with Crippen molar-refractivity contribution in [2.24, 2.45) is 5.73 Å². The van der Waals surface area contributed by atoms with Crippen LogP contribution in [0.4, 0.5) is 27.5 Å². The van der Waals surface area contributed by atoms with Crippen LogP contribution in [0.1, 0.15) is 21.5 Å². The number of amides is 2. The summed E-state index contributed by atoms with van der Waals surface area (Å²) in [5.41, 5.74) is 7.97. The molecule has 0 atom stereocenters. The maximum atomic E-state index is 14.0. The van der Waals surface area contributed by atoms with Crippen molar-refractivity contribution in [1.82, 2.24) is 15.0 Å². The fourth-order valence-electron chi connectivity index (χ4n) is 3.27. The predicted octanol–water partition coefficient (Wildman–Crippen LogP) is 3.65. The Kier molecular flexibility index (Phi) is 7.22. The Bertz CT molecular complexity index is 1350. The van der Waals surface area contributed by atoms with E-state index < -0.39 is 5.91 Å². The summed E-state index contributed by atoms with van der Waals surface area (Å²) < 4.78 is 14.0. The first-order valence-electron chi connectivity index (χ1n) is 10.7. The normalized spacial score (nSPS) is 10.4. The van der Waals surface area contributed by atoms with E-state index in [0.29, 0.717) is 16.9 Å². The quantitative estimate of drug-likeness (QED) is 0.293. The molecule has 2 aromatic carbocycles. The van der Waals surface area contributed by atoms with E-state index in [1.165, 1.54) is 12.3 Å². The summed E-state index contributed by atoms with van der Waals surface area (Å²) in [4.78, 5) is 36.6. The first kappa shape index (κ1) is 23.3. The molecular formula is C25H22FN7O2. The number of carbonyl (C=O) groups is 2. The van der Waals surface area contributed by atoms with E-state index >= 15 is 0 Å². The van der Waals surface area contributed by atoms with Crippen LogP contribution in [0.3, 0.4) is 0 Å². The smallest absolute Gasteiger partial charge is 0.254 e. The van der Waals surface area contributed by atoms with Gasteiger partial charge in [0.25, 0.3) is 5.91 Å². The number of primary amides is 1. The number of hydrogen-bond acceptors (Lipinski definition) is 7. The second-order valence-corrected chi connectivity index (χ2v) is 7.55. The molecule has 0 bridgehead atoms. The number of nitrogens with two attached hydrogens (primary N) is 1. The fraction of sp³-hybridized carbons (Fsp3) is 0.0800. The Morgan fingerprint density at radius 2 is 1.74 bits per heavy atom. The standard InChI is InChI=1S/C25H22FN7O2/c26-21-7-2-1-4-17(21)14-29-24-20(23(27)35)15-30-25(33-24)32-19-6-3-5-18(13-19)31-22(34)12-16-8-10-28-11-9-16/h1-11,13,15H,12,14H2,(H2,27,35)(H,31,34)(H2,29,30,32,33). The number of nitrogens with one attached hydrogen (secondary N) is 3. The number of pyridine rings is 1. The lowest BCUT2D eigenvalue weighted by Crippen LogP contribution is -2.17. The highest BCUT2D eigenvalue weighted by atomic mass is 19.1. The van der Waals surface area contributed by atoms with Gasteiger partial charge in [-0.1, -0.05) is 24.3 Å². The lowest BCUT2D eigenvalue weighted by Gasteiger charge is -2.12. The van der Waals surface area contributed by atoms with Gasteiger partial charge in [-0.05, 0) is 42.0 Å². The third-order valence-corrected chi connectivity index (χ3v) is 4.97. The maximum absolute atomic E-state index is 14.0. The SMILES string of the molecule is NC(=O)c1cnc(Nc2cccc(NC(=O)Cc3ccncc3)c2)nc1NCc1ccccc1F. The summed E-state index contributed by atoms with van der Waals surface area (Å²) in [6, 6.07) is 16.9. The molecule has 0 aliphatic heterocycles. The van der Waals surface area contributed by atoms with Crippen LogP contribution in [0.2, 0.25) is 0 Å². The lowest BCUT2D eigenvalue weighted by molar-refractivity contribution is -0.115. The molecule has 4 aromatic rings. The Morgan fingerprint density at radius 3 is 2.51 bits per heavy atom. The Hall–Kier alpha value is -4.86. The van der Waals surface area contributed by atoms with E-state index in [1.807, 2.05) is 0 Å². The third-order valence-electron chi connectivity index (χ3n) is 4.97. The van der Waals surface area contributed by atoms with Crippen molar-refractivity contribution in [3.63, 3.8) is 0 Å².